The summed E-state index contributed by atoms with van der Waals surface area (Å²) in [6.07, 6.45) is 0. The highest BCUT2D eigenvalue weighted by Crippen LogP contribution is 2.36. The summed E-state index contributed by atoms with van der Waals surface area (Å²) in [4.78, 5) is 21.1. The van der Waals surface area contributed by atoms with E-state index in [1.807, 2.05) is 0 Å². The third-order valence-corrected chi connectivity index (χ3v) is 3.71. The van der Waals surface area contributed by atoms with Gasteiger partial charge in [0.2, 0.25) is 0 Å². The van der Waals surface area contributed by atoms with Crippen molar-refractivity contribution in [2.24, 2.45) is 10.2 Å². The topological polar surface area (TPSA) is 120 Å². The molecule has 0 aromatic heterocycles. The van der Waals surface area contributed by atoms with E-state index in [1.165, 1.54) is 30.3 Å². The fraction of sp³-hybridized carbons (Fsp3) is 0.0588. The zero-order chi connectivity index (χ0) is 18.7. The fourth-order valence-corrected chi connectivity index (χ4v) is 2.43. The molecular formula is C17H12N4O5. The molecule has 9 heteroatoms. The van der Waals surface area contributed by atoms with Gasteiger partial charge in [-0.15, -0.1) is 5.11 Å². The molecule has 3 aromatic carbocycles. The average molecular weight is 352 g/mol. The van der Waals surface area contributed by atoms with E-state index in [9.17, 15) is 20.2 Å². The Morgan fingerprint density at radius 1 is 0.846 bits per heavy atom. The number of non-ortho nitro benzene ring substituents is 2. The molecule has 9 nitrogen and oxygen atoms in total. The predicted molar refractivity (Wildman–Crippen MR) is 94.4 cm³/mol. The first-order valence-electron chi connectivity index (χ1n) is 7.41. The minimum absolute atomic E-state index is 0.154. The van der Waals surface area contributed by atoms with Gasteiger partial charge in [0.15, 0.2) is 0 Å². The highest BCUT2D eigenvalue weighted by Gasteiger charge is 2.17. The third-order valence-electron chi connectivity index (χ3n) is 3.71. The number of hydrogen-bond donors (Lipinski definition) is 0. The summed E-state index contributed by atoms with van der Waals surface area (Å²) in [5.74, 6) is 0.667. The number of nitro benzene ring substituents is 2. The molecule has 0 amide bonds. The van der Waals surface area contributed by atoms with Crippen LogP contribution in [0.15, 0.2) is 64.8 Å². The van der Waals surface area contributed by atoms with Crippen molar-refractivity contribution >= 4 is 33.5 Å². The minimum Gasteiger partial charge on any atom is -0.497 e. The van der Waals surface area contributed by atoms with Crippen molar-refractivity contribution in [2.45, 2.75) is 0 Å². The van der Waals surface area contributed by atoms with Gasteiger partial charge < -0.3 is 4.74 Å². The molecule has 26 heavy (non-hydrogen) atoms. The van der Waals surface area contributed by atoms with E-state index in [-0.39, 0.29) is 22.1 Å². The maximum Gasteiger partial charge on any atom is 0.277 e. The van der Waals surface area contributed by atoms with Crippen molar-refractivity contribution in [3.8, 4) is 5.75 Å². The molecule has 0 radical (unpaired) electrons. The molecule has 0 saturated carbocycles. The molecule has 0 fully saturated rings. The fourth-order valence-electron chi connectivity index (χ4n) is 2.43. The number of benzene rings is 3. The number of nitro groups is 2. The van der Waals surface area contributed by atoms with Crippen molar-refractivity contribution in [3.63, 3.8) is 0 Å². The highest BCUT2D eigenvalue weighted by molar-refractivity contribution is 5.99. The third kappa shape index (κ3) is 3.31. The Hall–Kier alpha value is -3.88. The van der Waals surface area contributed by atoms with Gasteiger partial charge in [0, 0.05) is 23.6 Å². The molecule has 0 atom stereocenters. The maximum absolute atomic E-state index is 11.2. The van der Waals surface area contributed by atoms with E-state index in [4.69, 9.17) is 4.74 Å². The Balaban J connectivity index is 2.10. The molecule has 0 spiro atoms. The van der Waals surface area contributed by atoms with Crippen LogP contribution < -0.4 is 4.74 Å². The number of fused-ring (bicyclic) bond motifs is 1. The lowest BCUT2D eigenvalue weighted by Gasteiger charge is -2.03. The van der Waals surface area contributed by atoms with Crippen LogP contribution in [-0.4, -0.2) is 17.0 Å². The summed E-state index contributed by atoms with van der Waals surface area (Å²) in [5.41, 5.74) is 0.505. The highest BCUT2D eigenvalue weighted by atomic mass is 16.6. The molecule has 0 N–H and O–H groups in total. The lowest BCUT2D eigenvalue weighted by molar-refractivity contribution is -0.384. The van der Waals surface area contributed by atoms with Crippen LogP contribution in [0, 0.1) is 20.2 Å². The summed E-state index contributed by atoms with van der Waals surface area (Å²) in [6, 6.07) is 13.4. The molecule has 130 valence electrons. The van der Waals surface area contributed by atoms with Gasteiger partial charge in [0.25, 0.3) is 11.4 Å². The number of ether oxygens (including phenoxy) is 1. The van der Waals surface area contributed by atoms with Crippen LogP contribution >= 0.6 is 0 Å². The molecule has 0 saturated heterocycles. The summed E-state index contributed by atoms with van der Waals surface area (Å²) < 4.78 is 5.06. The number of methoxy groups -OCH3 is 1. The van der Waals surface area contributed by atoms with Gasteiger partial charge in [0.1, 0.15) is 5.75 Å². The van der Waals surface area contributed by atoms with E-state index in [2.05, 4.69) is 10.2 Å². The number of hydrogen-bond acceptors (Lipinski definition) is 7. The van der Waals surface area contributed by atoms with Crippen LogP contribution in [-0.2, 0) is 0 Å². The smallest absolute Gasteiger partial charge is 0.277 e. The van der Waals surface area contributed by atoms with Crippen molar-refractivity contribution in [1.82, 2.24) is 0 Å². The van der Waals surface area contributed by atoms with Gasteiger partial charge in [-0.25, -0.2) is 0 Å². The lowest BCUT2D eigenvalue weighted by atomic mass is 10.1. The second-order valence-corrected chi connectivity index (χ2v) is 5.25. The first kappa shape index (κ1) is 17.0. The van der Waals surface area contributed by atoms with Gasteiger partial charge in [-0.2, -0.15) is 5.11 Å². The second kappa shape index (κ2) is 6.93. The molecule has 3 rings (SSSR count). The SMILES string of the molecule is COc1ccc(N=Nc2ccc([N+](=O)[O-])c3ccc([N+](=O)[O-])cc23)cc1. The molecule has 3 aromatic rings. The Kier molecular flexibility index (Phi) is 4.52. The van der Waals surface area contributed by atoms with Gasteiger partial charge in [-0.3, -0.25) is 20.2 Å². The molecule has 0 aliphatic heterocycles. The van der Waals surface area contributed by atoms with Crippen LogP contribution in [0.4, 0.5) is 22.7 Å². The van der Waals surface area contributed by atoms with Crippen LogP contribution in [0.3, 0.4) is 0 Å². The van der Waals surface area contributed by atoms with Crippen molar-refractivity contribution in [3.05, 3.63) is 74.8 Å². The maximum atomic E-state index is 11.2. The normalized spacial score (nSPS) is 11.0. The zero-order valence-electron chi connectivity index (χ0n) is 13.5. The van der Waals surface area contributed by atoms with Gasteiger partial charge >= 0.3 is 0 Å². The predicted octanol–water partition coefficient (Wildman–Crippen LogP) is 5.08. The van der Waals surface area contributed by atoms with E-state index >= 15 is 0 Å². The molecule has 0 heterocycles. The quantitative estimate of drug-likeness (QED) is 0.360. The number of azo groups is 1. The van der Waals surface area contributed by atoms with Crippen molar-refractivity contribution < 1.29 is 14.6 Å². The number of nitrogens with zero attached hydrogens (tertiary/aromatic N) is 4. The Morgan fingerprint density at radius 3 is 2.19 bits per heavy atom. The minimum atomic E-state index is -0.567. The Bertz CT molecular complexity index is 1030. The summed E-state index contributed by atoms with van der Waals surface area (Å²) in [6.45, 7) is 0. The zero-order valence-corrected chi connectivity index (χ0v) is 13.5. The summed E-state index contributed by atoms with van der Waals surface area (Å²) in [7, 11) is 1.55. The summed E-state index contributed by atoms with van der Waals surface area (Å²) >= 11 is 0. The van der Waals surface area contributed by atoms with E-state index in [1.54, 1.807) is 31.4 Å². The van der Waals surface area contributed by atoms with Crippen molar-refractivity contribution in [1.29, 1.82) is 0 Å². The van der Waals surface area contributed by atoms with E-state index < -0.39 is 9.85 Å². The molecule has 0 aliphatic rings. The van der Waals surface area contributed by atoms with Crippen LogP contribution in [0.5, 0.6) is 5.75 Å². The van der Waals surface area contributed by atoms with Gasteiger partial charge in [-0.05, 0) is 36.4 Å². The van der Waals surface area contributed by atoms with Gasteiger partial charge in [-0.1, -0.05) is 0 Å². The van der Waals surface area contributed by atoms with Crippen LogP contribution in [0.1, 0.15) is 0 Å². The molecule has 0 unspecified atom stereocenters. The van der Waals surface area contributed by atoms with Crippen LogP contribution in [0.25, 0.3) is 10.8 Å². The average Bonchev–Trinajstić information content (AvgIpc) is 2.65. The molecule has 0 bridgehead atoms. The lowest BCUT2D eigenvalue weighted by Crippen LogP contribution is -1.92. The number of rotatable bonds is 5. The molecule has 0 aliphatic carbocycles. The Labute approximate surface area is 146 Å². The summed E-state index contributed by atoms with van der Waals surface area (Å²) in [5, 5.41) is 30.9. The first-order chi connectivity index (χ1) is 12.5. The van der Waals surface area contributed by atoms with Gasteiger partial charge in [0.05, 0.1) is 33.7 Å². The Morgan fingerprint density at radius 2 is 1.58 bits per heavy atom. The molecular weight excluding hydrogens is 340 g/mol. The monoisotopic (exact) mass is 352 g/mol. The largest absolute Gasteiger partial charge is 0.497 e. The first-order valence-corrected chi connectivity index (χ1v) is 7.41. The second-order valence-electron chi connectivity index (χ2n) is 5.25. The van der Waals surface area contributed by atoms with E-state index in [0.717, 1.165) is 0 Å². The van der Waals surface area contributed by atoms with Crippen molar-refractivity contribution in [2.75, 3.05) is 7.11 Å². The standard InChI is InChI=1S/C17H12N4O5/c1-26-13-5-2-11(3-6-13)18-19-16-8-9-17(21(24)25)14-7-4-12(20(22)23)10-15(14)16/h2-10H,1H3. The van der Waals surface area contributed by atoms with E-state index in [0.29, 0.717) is 17.1 Å². The van der Waals surface area contributed by atoms with Crippen LogP contribution in [0.2, 0.25) is 0 Å².